The van der Waals surface area contributed by atoms with Crippen molar-refractivity contribution in [1.82, 2.24) is 9.97 Å². The van der Waals surface area contributed by atoms with Gasteiger partial charge in [-0.15, -0.1) is 0 Å². The Balaban J connectivity index is 0.860. The molecule has 0 N–H and O–H groups in total. The van der Waals surface area contributed by atoms with Gasteiger partial charge in [-0.25, -0.2) is 9.97 Å². The minimum absolute atomic E-state index is 0.515. The second-order valence-electron chi connectivity index (χ2n) is 17.7. The Morgan fingerprint density at radius 3 is 1.25 bits per heavy atom. The fourth-order valence-corrected chi connectivity index (χ4v) is 10.6. The predicted octanol–water partition coefficient (Wildman–Crippen LogP) is 16.6. The van der Waals surface area contributed by atoms with Gasteiger partial charge in [-0.1, -0.05) is 212 Å². The Hall–Kier alpha value is -8.92. The molecule has 2 aliphatic rings. The van der Waals surface area contributed by atoms with E-state index in [2.05, 4.69) is 231 Å². The molecular formula is C65H42N2O. The molecule has 0 fully saturated rings. The van der Waals surface area contributed by atoms with E-state index in [0.29, 0.717) is 5.82 Å². The second kappa shape index (κ2) is 16.2. The monoisotopic (exact) mass is 866 g/mol. The SMILES string of the molecule is c1ccc(-c2ccc(-c3cc(-c4cccc(-c5cccc(-c6cccc(-c7ccc8c(c7)C7(c9ccccc9Oc9ccccc97)c7ccccc7-8)c6)c5)c4)nc(-c4ccccc4)n3)cc2)cc1. The second-order valence-corrected chi connectivity index (χ2v) is 17.7. The van der Waals surface area contributed by atoms with E-state index in [1.807, 2.05) is 24.3 Å². The van der Waals surface area contributed by atoms with Crippen LogP contribution in [-0.4, -0.2) is 9.97 Å². The van der Waals surface area contributed by atoms with Crippen LogP contribution in [0.4, 0.5) is 0 Å². The third-order valence-electron chi connectivity index (χ3n) is 13.8. The summed E-state index contributed by atoms with van der Waals surface area (Å²) >= 11 is 0. The summed E-state index contributed by atoms with van der Waals surface area (Å²) in [5, 5.41) is 0. The molecule has 0 bridgehead atoms. The van der Waals surface area contributed by atoms with Gasteiger partial charge in [-0.2, -0.15) is 0 Å². The maximum atomic E-state index is 6.60. The molecule has 13 rings (SSSR count). The topological polar surface area (TPSA) is 35.0 Å². The Labute approximate surface area is 396 Å². The van der Waals surface area contributed by atoms with Crippen molar-refractivity contribution in [3.63, 3.8) is 0 Å². The Kier molecular flexibility index (Phi) is 9.40. The van der Waals surface area contributed by atoms with Crippen LogP contribution in [0.1, 0.15) is 22.3 Å². The molecular weight excluding hydrogens is 825 g/mol. The minimum Gasteiger partial charge on any atom is -0.457 e. The summed E-state index contributed by atoms with van der Waals surface area (Å²) in [4.78, 5) is 10.3. The van der Waals surface area contributed by atoms with Crippen molar-refractivity contribution < 1.29 is 4.74 Å². The van der Waals surface area contributed by atoms with Crippen molar-refractivity contribution in [1.29, 1.82) is 0 Å². The molecule has 10 aromatic carbocycles. The third-order valence-corrected chi connectivity index (χ3v) is 13.8. The number of rotatable bonds is 7. The molecule has 11 aromatic rings. The van der Waals surface area contributed by atoms with Crippen molar-refractivity contribution in [3.05, 3.63) is 277 Å². The average Bonchev–Trinajstić information content (AvgIpc) is 3.71. The van der Waals surface area contributed by atoms with E-state index in [9.17, 15) is 0 Å². The lowest BCUT2D eigenvalue weighted by atomic mass is 9.66. The van der Waals surface area contributed by atoms with E-state index in [4.69, 9.17) is 14.7 Å². The van der Waals surface area contributed by atoms with Crippen LogP contribution in [-0.2, 0) is 5.41 Å². The Bertz CT molecular complexity index is 3660. The lowest BCUT2D eigenvalue weighted by Gasteiger charge is -2.39. The molecule has 3 heteroatoms. The normalized spacial score (nSPS) is 12.6. The summed E-state index contributed by atoms with van der Waals surface area (Å²) < 4.78 is 6.60. The number of fused-ring (bicyclic) bond motifs is 9. The molecule has 1 aliphatic carbocycles. The van der Waals surface area contributed by atoms with E-state index < -0.39 is 5.41 Å². The highest BCUT2D eigenvalue weighted by Crippen LogP contribution is 2.62. The standard InChI is InChI=1S/C65H42N2O/c1-3-16-43(17-4-1)44-32-34-45(35-33-44)60-42-61(67-64(66-60)46-18-5-2-6-19-46)53-25-15-24-51(40-53)49-22-13-20-47(38-49)48-21-14-23-50(39-48)52-36-37-55-54-26-7-8-27-56(54)65(59(55)41-52)57-28-9-11-30-62(57)68-63-31-12-10-29-58(63)65/h1-42H. The maximum absolute atomic E-state index is 6.60. The molecule has 1 aliphatic heterocycles. The van der Waals surface area contributed by atoms with Crippen LogP contribution in [0.3, 0.4) is 0 Å². The molecule has 1 spiro atoms. The molecule has 0 saturated heterocycles. The van der Waals surface area contributed by atoms with E-state index >= 15 is 0 Å². The maximum Gasteiger partial charge on any atom is 0.160 e. The van der Waals surface area contributed by atoms with Crippen LogP contribution in [0.25, 0.3) is 89.5 Å². The number of nitrogens with zero attached hydrogens (tertiary/aromatic N) is 2. The highest BCUT2D eigenvalue weighted by atomic mass is 16.5. The molecule has 0 atom stereocenters. The highest BCUT2D eigenvalue weighted by Gasteiger charge is 2.51. The van der Waals surface area contributed by atoms with Crippen LogP contribution in [0, 0.1) is 0 Å². The summed E-state index contributed by atoms with van der Waals surface area (Å²) in [6.07, 6.45) is 0. The fraction of sp³-hybridized carbons (Fsp3) is 0.0154. The molecule has 0 radical (unpaired) electrons. The summed E-state index contributed by atoms with van der Waals surface area (Å²) in [6, 6.07) is 91.1. The number of aromatic nitrogens is 2. The van der Waals surface area contributed by atoms with Crippen LogP contribution >= 0.6 is 0 Å². The molecule has 1 aromatic heterocycles. The number of benzene rings is 10. The summed E-state index contributed by atoms with van der Waals surface area (Å²) in [6.45, 7) is 0. The van der Waals surface area contributed by atoms with E-state index in [1.165, 1.54) is 55.6 Å². The van der Waals surface area contributed by atoms with Crippen molar-refractivity contribution >= 4 is 0 Å². The van der Waals surface area contributed by atoms with Gasteiger partial charge in [-0.3, -0.25) is 0 Å². The zero-order valence-corrected chi connectivity index (χ0v) is 37.1. The zero-order chi connectivity index (χ0) is 45.0. The Morgan fingerprint density at radius 1 is 0.250 bits per heavy atom. The van der Waals surface area contributed by atoms with Gasteiger partial charge in [0.25, 0.3) is 0 Å². The number of para-hydroxylation sites is 2. The average molecular weight is 867 g/mol. The Morgan fingerprint density at radius 2 is 0.647 bits per heavy atom. The van der Waals surface area contributed by atoms with E-state index in [-0.39, 0.29) is 0 Å². The van der Waals surface area contributed by atoms with Crippen LogP contribution in [0.5, 0.6) is 11.5 Å². The first kappa shape index (κ1) is 39.4. The van der Waals surface area contributed by atoms with Crippen molar-refractivity contribution in [2.45, 2.75) is 5.41 Å². The summed E-state index contributed by atoms with van der Waals surface area (Å²) in [5.41, 5.74) is 21.0. The van der Waals surface area contributed by atoms with Gasteiger partial charge in [0.2, 0.25) is 0 Å². The van der Waals surface area contributed by atoms with Crippen molar-refractivity contribution in [2.24, 2.45) is 0 Å². The summed E-state index contributed by atoms with van der Waals surface area (Å²) in [7, 11) is 0. The fourth-order valence-electron chi connectivity index (χ4n) is 10.6. The molecule has 0 amide bonds. The highest BCUT2D eigenvalue weighted by molar-refractivity contribution is 5.91. The van der Waals surface area contributed by atoms with Gasteiger partial charge in [-0.05, 0) is 109 Å². The number of ether oxygens (including phenoxy) is 1. The molecule has 2 heterocycles. The predicted molar refractivity (Wildman–Crippen MR) is 277 cm³/mol. The van der Waals surface area contributed by atoms with Gasteiger partial charge in [0.05, 0.1) is 16.8 Å². The van der Waals surface area contributed by atoms with Crippen molar-refractivity contribution in [3.8, 4) is 101 Å². The van der Waals surface area contributed by atoms with Gasteiger partial charge in [0.15, 0.2) is 5.82 Å². The first-order valence-electron chi connectivity index (χ1n) is 23.2. The molecule has 68 heavy (non-hydrogen) atoms. The molecule has 3 nitrogen and oxygen atoms in total. The largest absolute Gasteiger partial charge is 0.457 e. The molecule has 318 valence electrons. The molecule has 0 unspecified atom stereocenters. The molecule has 0 saturated carbocycles. The van der Waals surface area contributed by atoms with Gasteiger partial charge >= 0.3 is 0 Å². The number of hydrogen-bond acceptors (Lipinski definition) is 3. The first-order chi connectivity index (χ1) is 33.7. The van der Waals surface area contributed by atoms with E-state index in [0.717, 1.165) is 61.8 Å². The van der Waals surface area contributed by atoms with Crippen LogP contribution < -0.4 is 4.74 Å². The van der Waals surface area contributed by atoms with E-state index in [1.54, 1.807) is 0 Å². The van der Waals surface area contributed by atoms with Gasteiger partial charge in [0.1, 0.15) is 11.5 Å². The van der Waals surface area contributed by atoms with Crippen LogP contribution in [0.2, 0.25) is 0 Å². The summed E-state index contributed by atoms with van der Waals surface area (Å²) in [5.74, 6) is 2.49. The zero-order valence-electron chi connectivity index (χ0n) is 37.1. The number of hydrogen-bond donors (Lipinski definition) is 0. The van der Waals surface area contributed by atoms with Gasteiger partial charge in [0, 0.05) is 27.8 Å². The minimum atomic E-state index is -0.515. The first-order valence-corrected chi connectivity index (χ1v) is 23.2. The quantitative estimate of drug-likeness (QED) is 0.160. The smallest absolute Gasteiger partial charge is 0.160 e. The lowest BCUT2D eigenvalue weighted by molar-refractivity contribution is 0.436. The van der Waals surface area contributed by atoms with Crippen LogP contribution in [0.15, 0.2) is 255 Å². The van der Waals surface area contributed by atoms with Gasteiger partial charge < -0.3 is 4.74 Å². The van der Waals surface area contributed by atoms with Crippen molar-refractivity contribution in [2.75, 3.05) is 0 Å². The lowest BCUT2D eigenvalue weighted by Crippen LogP contribution is -2.32. The third kappa shape index (κ3) is 6.59.